The van der Waals surface area contributed by atoms with E-state index in [1.807, 2.05) is 24.3 Å². The lowest BCUT2D eigenvalue weighted by Crippen LogP contribution is -2.21. The Morgan fingerprint density at radius 2 is 1.93 bits per heavy atom. The van der Waals surface area contributed by atoms with Gasteiger partial charge in [0.15, 0.2) is 0 Å². The quantitative estimate of drug-likeness (QED) is 0.292. The molecule has 0 aliphatic rings. The second-order valence-corrected chi connectivity index (χ2v) is 6.61. The summed E-state index contributed by atoms with van der Waals surface area (Å²) in [6.07, 6.45) is 0. The van der Waals surface area contributed by atoms with Crippen LogP contribution in [-0.2, 0) is 16.1 Å². The van der Waals surface area contributed by atoms with Crippen molar-refractivity contribution in [2.45, 2.75) is 13.5 Å². The van der Waals surface area contributed by atoms with Gasteiger partial charge in [0.05, 0.1) is 28.0 Å². The number of para-hydroxylation sites is 1. The van der Waals surface area contributed by atoms with E-state index >= 15 is 0 Å². The molecule has 0 fully saturated rings. The Morgan fingerprint density at radius 1 is 1.22 bits per heavy atom. The number of nitro benzene ring substituents is 1. The van der Waals surface area contributed by atoms with E-state index < -0.39 is 4.92 Å². The number of non-ortho nitro benzene ring substituents is 1. The zero-order valence-corrected chi connectivity index (χ0v) is 15.5. The minimum absolute atomic E-state index is 0.0175. The van der Waals surface area contributed by atoms with Gasteiger partial charge in [0, 0.05) is 12.1 Å². The van der Waals surface area contributed by atoms with Crippen molar-refractivity contribution in [1.82, 2.24) is 4.57 Å². The summed E-state index contributed by atoms with van der Waals surface area (Å²) in [6, 6.07) is 13.7. The number of hydrogen-bond acceptors (Lipinski definition) is 7. The SMILES string of the molecule is COC(=O)Cn1/c(=N\N=C(\C)c2ccc([N+](=O)[O-])cc2)sc2ccccc21. The third-order valence-electron chi connectivity index (χ3n) is 3.88. The molecule has 0 N–H and O–H groups in total. The summed E-state index contributed by atoms with van der Waals surface area (Å²) in [5, 5.41) is 19.3. The number of carbonyl (C=O) groups excluding carboxylic acids is 1. The number of methoxy groups -OCH3 is 1. The lowest BCUT2D eigenvalue weighted by atomic mass is 10.1. The van der Waals surface area contributed by atoms with Gasteiger partial charge in [-0.1, -0.05) is 23.5 Å². The van der Waals surface area contributed by atoms with Gasteiger partial charge in [0.1, 0.15) is 6.54 Å². The highest BCUT2D eigenvalue weighted by Crippen LogP contribution is 2.17. The molecule has 138 valence electrons. The van der Waals surface area contributed by atoms with Gasteiger partial charge >= 0.3 is 5.97 Å². The molecule has 0 unspecified atom stereocenters. The van der Waals surface area contributed by atoms with E-state index in [1.54, 1.807) is 23.6 Å². The van der Waals surface area contributed by atoms with E-state index in [0.717, 1.165) is 15.8 Å². The number of thiazole rings is 1. The van der Waals surface area contributed by atoms with Gasteiger partial charge in [-0.15, -0.1) is 5.10 Å². The normalized spacial score (nSPS) is 12.4. The summed E-state index contributed by atoms with van der Waals surface area (Å²) < 4.78 is 7.49. The van der Waals surface area contributed by atoms with Crippen LogP contribution in [0.2, 0.25) is 0 Å². The van der Waals surface area contributed by atoms with E-state index in [9.17, 15) is 14.9 Å². The molecule has 0 saturated carbocycles. The van der Waals surface area contributed by atoms with Crippen LogP contribution < -0.4 is 4.80 Å². The number of hydrogen-bond donors (Lipinski definition) is 0. The summed E-state index contributed by atoms with van der Waals surface area (Å²) >= 11 is 1.41. The van der Waals surface area contributed by atoms with E-state index in [2.05, 4.69) is 10.2 Å². The van der Waals surface area contributed by atoms with Gasteiger partial charge in [-0.25, -0.2) is 0 Å². The Bertz CT molecular complexity index is 1100. The number of ether oxygens (including phenoxy) is 1. The molecule has 27 heavy (non-hydrogen) atoms. The summed E-state index contributed by atoms with van der Waals surface area (Å²) in [5.41, 5.74) is 2.22. The van der Waals surface area contributed by atoms with Crippen molar-refractivity contribution in [2.75, 3.05) is 7.11 Å². The Morgan fingerprint density at radius 3 is 2.59 bits per heavy atom. The zero-order valence-electron chi connectivity index (χ0n) is 14.7. The van der Waals surface area contributed by atoms with E-state index in [0.29, 0.717) is 10.5 Å². The summed E-state index contributed by atoms with van der Waals surface area (Å²) in [7, 11) is 1.34. The van der Waals surface area contributed by atoms with Gasteiger partial charge in [0.25, 0.3) is 5.69 Å². The van der Waals surface area contributed by atoms with Gasteiger partial charge in [0.2, 0.25) is 4.80 Å². The minimum Gasteiger partial charge on any atom is -0.468 e. The second-order valence-electron chi connectivity index (χ2n) is 5.60. The van der Waals surface area contributed by atoms with Crippen LogP contribution in [-0.4, -0.2) is 28.3 Å². The summed E-state index contributed by atoms with van der Waals surface area (Å²) in [4.78, 5) is 22.6. The monoisotopic (exact) mass is 384 g/mol. The second kappa shape index (κ2) is 7.92. The highest BCUT2D eigenvalue weighted by Gasteiger charge is 2.10. The number of fused-ring (bicyclic) bond motifs is 1. The van der Waals surface area contributed by atoms with Crippen LogP contribution in [0.15, 0.2) is 58.7 Å². The third kappa shape index (κ3) is 4.09. The highest BCUT2D eigenvalue weighted by atomic mass is 32.1. The van der Waals surface area contributed by atoms with Crippen LogP contribution in [0.25, 0.3) is 10.2 Å². The highest BCUT2D eigenvalue weighted by molar-refractivity contribution is 7.16. The van der Waals surface area contributed by atoms with Gasteiger partial charge in [-0.05, 0) is 36.8 Å². The molecule has 3 aromatic rings. The van der Waals surface area contributed by atoms with E-state index in [1.165, 1.54) is 30.6 Å². The van der Waals surface area contributed by atoms with Gasteiger partial charge < -0.3 is 9.30 Å². The molecular formula is C18H16N4O4S. The predicted octanol–water partition coefficient (Wildman–Crippen LogP) is 3.11. The molecule has 0 bridgehead atoms. The molecule has 3 rings (SSSR count). The van der Waals surface area contributed by atoms with Crippen LogP contribution in [0.1, 0.15) is 12.5 Å². The number of carbonyl (C=O) groups is 1. The van der Waals surface area contributed by atoms with Crippen LogP contribution >= 0.6 is 11.3 Å². The van der Waals surface area contributed by atoms with Crippen LogP contribution in [0.3, 0.4) is 0 Å². The smallest absolute Gasteiger partial charge is 0.325 e. The summed E-state index contributed by atoms with van der Waals surface area (Å²) in [6.45, 7) is 1.80. The van der Waals surface area contributed by atoms with E-state index in [-0.39, 0.29) is 18.2 Å². The predicted molar refractivity (Wildman–Crippen MR) is 103 cm³/mol. The molecular weight excluding hydrogens is 368 g/mol. The average molecular weight is 384 g/mol. The standard InChI is InChI=1S/C18H16N4O4S/c1-12(13-7-9-14(10-8-13)22(24)25)19-20-18-21(11-17(23)26-2)15-5-3-4-6-16(15)27-18/h3-10H,11H2,1-2H3/b19-12-,20-18+. The maximum Gasteiger partial charge on any atom is 0.325 e. The van der Waals surface area contributed by atoms with Crippen LogP contribution in [0.4, 0.5) is 5.69 Å². The molecule has 9 heteroatoms. The first-order valence-electron chi connectivity index (χ1n) is 7.98. The fraction of sp³-hybridized carbons (Fsp3) is 0.167. The zero-order chi connectivity index (χ0) is 19.4. The Balaban J connectivity index is 2.01. The van der Waals surface area contributed by atoms with Crippen LogP contribution in [0.5, 0.6) is 0 Å². The molecule has 0 atom stereocenters. The molecule has 0 amide bonds. The fourth-order valence-corrected chi connectivity index (χ4v) is 3.42. The molecule has 1 heterocycles. The lowest BCUT2D eigenvalue weighted by molar-refractivity contribution is -0.384. The van der Waals surface area contributed by atoms with Crippen molar-refractivity contribution >= 4 is 38.9 Å². The van der Waals surface area contributed by atoms with Crippen molar-refractivity contribution < 1.29 is 14.5 Å². The molecule has 8 nitrogen and oxygen atoms in total. The molecule has 0 aliphatic carbocycles. The average Bonchev–Trinajstić information content (AvgIpc) is 3.03. The molecule has 0 radical (unpaired) electrons. The molecule has 2 aromatic carbocycles. The Labute approximate surface area is 158 Å². The summed E-state index contributed by atoms with van der Waals surface area (Å²) in [5.74, 6) is -0.379. The van der Waals surface area contributed by atoms with Gasteiger partial charge in [-0.2, -0.15) is 5.10 Å². The number of esters is 1. The molecule has 0 aliphatic heterocycles. The first kappa shape index (κ1) is 18.5. The van der Waals surface area contributed by atoms with Gasteiger partial charge in [-0.3, -0.25) is 14.9 Å². The molecule has 1 aromatic heterocycles. The van der Waals surface area contributed by atoms with Crippen molar-refractivity contribution in [3.05, 3.63) is 69.0 Å². The number of aromatic nitrogens is 1. The molecule has 0 spiro atoms. The number of nitro groups is 1. The largest absolute Gasteiger partial charge is 0.468 e. The lowest BCUT2D eigenvalue weighted by Gasteiger charge is -2.03. The maximum atomic E-state index is 11.8. The Kier molecular flexibility index (Phi) is 5.41. The number of benzene rings is 2. The minimum atomic E-state index is -0.451. The van der Waals surface area contributed by atoms with Crippen molar-refractivity contribution in [1.29, 1.82) is 0 Å². The maximum absolute atomic E-state index is 11.8. The number of rotatable bonds is 5. The fourth-order valence-electron chi connectivity index (χ4n) is 2.44. The first-order chi connectivity index (χ1) is 13.0. The number of nitrogens with zero attached hydrogens (tertiary/aromatic N) is 4. The van der Waals surface area contributed by atoms with Crippen LogP contribution in [0, 0.1) is 10.1 Å². The third-order valence-corrected chi connectivity index (χ3v) is 4.93. The van der Waals surface area contributed by atoms with Crippen molar-refractivity contribution in [3.63, 3.8) is 0 Å². The van der Waals surface area contributed by atoms with E-state index in [4.69, 9.17) is 4.74 Å². The molecule has 0 saturated heterocycles. The van der Waals surface area contributed by atoms with Crippen molar-refractivity contribution in [2.24, 2.45) is 10.2 Å². The van der Waals surface area contributed by atoms with Crippen molar-refractivity contribution in [3.8, 4) is 0 Å². The Hall–Kier alpha value is -3.33. The first-order valence-corrected chi connectivity index (χ1v) is 8.79. The topological polar surface area (TPSA) is 99.1 Å².